The molecule has 2 aliphatic rings. The Morgan fingerprint density at radius 3 is 2.37 bits per heavy atom. The fraction of sp³-hybridized carbons (Fsp3) is 0.484. The van der Waals surface area contributed by atoms with Crippen molar-refractivity contribution in [2.45, 2.75) is 65.2 Å². The molecule has 7 heteroatoms. The van der Waals surface area contributed by atoms with E-state index in [9.17, 15) is 9.59 Å². The molecule has 0 spiro atoms. The highest BCUT2D eigenvalue weighted by atomic mass is 16.7. The van der Waals surface area contributed by atoms with E-state index >= 15 is 0 Å². The Balaban J connectivity index is 1.83. The third-order valence-electron chi connectivity index (χ3n) is 7.40. The van der Waals surface area contributed by atoms with Gasteiger partial charge in [-0.25, -0.2) is 0 Å². The lowest BCUT2D eigenvalue weighted by atomic mass is 9.73. The van der Waals surface area contributed by atoms with Crippen LogP contribution in [0.25, 0.3) is 0 Å². The maximum Gasteiger partial charge on any atom is 0.239 e. The first kappa shape index (κ1) is 27.9. The van der Waals surface area contributed by atoms with Crippen LogP contribution in [0.4, 0.5) is 11.4 Å². The lowest BCUT2D eigenvalue weighted by Crippen LogP contribution is -2.44. The van der Waals surface area contributed by atoms with E-state index in [4.69, 9.17) is 9.47 Å². The van der Waals surface area contributed by atoms with Gasteiger partial charge in [0, 0.05) is 31.9 Å². The molecule has 0 radical (unpaired) electrons. The van der Waals surface area contributed by atoms with Crippen LogP contribution in [0.2, 0.25) is 0 Å². The molecule has 0 fully saturated rings. The molecular weight excluding hydrogens is 478 g/mol. The molecule has 1 aliphatic heterocycles. The lowest BCUT2D eigenvalue weighted by Gasteiger charge is -2.38. The number of nitrogens with one attached hydrogen (secondary N) is 2. The first-order valence-corrected chi connectivity index (χ1v) is 13.2. The Morgan fingerprint density at radius 1 is 1.08 bits per heavy atom. The SMILES string of the molecule is COC(CNC(=O)CN1c2ccccc2NC2=C(C(=O)CC(C)(C)C2)C1c1ccc(C(C)(C)C)cc1)OC. The van der Waals surface area contributed by atoms with Gasteiger partial charge in [0.05, 0.1) is 30.5 Å². The molecule has 1 atom stereocenters. The molecule has 0 bridgehead atoms. The van der Waals surface area contributed by atoms with Crippen LogP contribution in [0.3, 0.4) is 0 Å². The van der Waals surface area contributed by atoms with Crippen LogP contribution >= 0.6 is 0 Å². The minimum Gasteiger partial charge on any atom is -0.357 e. The van der Waals surface area contributed by atoms with Crippen LogP contribution in [0.1, 0.15) is 64.6 Å². The summed E-state index contributed by atoms with van der Waals surface area (Å²) >= 11 is 0. The maximum atomic E-state index is 13.8. The number of para-hydroxylation sites is 2. The molecule has 0 saturated carbocycles. The molecule has 7 nitrogen and oxygen atoms in total. The number of anilines is 2. The van der Waals surface area contributed by atoms with Gasteiger partial charge in [0.15, 0.2) is 12.1 Å². The largest absolute Gasteiger partial charge is 0.357 e. The van der Waals surface area contributed by atoms with Crippen molar-refractivity contribution >= 4 is 23.1 Å². The minimum atomic E-state index is -0.533. The van der Waals surface area contributed by atoms with E-state index in [1.807, 2.05) is 24.3 Å². The summed E-state index contributed by atoms with van der Waals surface area (Å²) in [5.41, 5.74) is 5.49. The number of amides is 1. The Hall–Kier alpha value is -3.16. The van der Waals surface area contributed by atoms with Crippen LogP contribution < -0.4 is 15.5 Å². The molecule has 2 aromatic rings. The van der Waals surface area contributed by atoms with Crippen LogP contribution in [-0.4, -0.2) is 45.3 Å². The van der Waals surface area contributed by atoms with Crippen molar-refractivity contribution in [3.63, 3.8) is 0 Å². The molecule has 2 N–H and O–H groups in total. The van der Waals surface area contributed by atoms with Crippen LogP contribution in [0.5, 0.6) is 0 Å². The number of hydrogen-bond acceptors (Lipinski definition) is 6. The van der Waals surface area contributed by atoms with Gasteiger partial charge >= 0.3 is 0 Å². The summed E-state index contributed by atoms with van der Waals surface area (Å²) in [6, 6.07) is 16.0. The third kappa shape index (κ3) is 5.94. The van der Waals surface area contributed by atoms with E-state index in [2.05, 4.69) is 74.4 Å². The van der Waals surface area contributed by atoms with E-state index in [0.717, 1.165) is 34.6 Å². The summed E-state index contributed by atoms with van der Waals surface area (Å²) < 4.78 is 10.5. The highest BCUT2D eigenvalue weighted by Gasteiger charge is 2.42. The average molecular weight is 520 g/mol. The van der Waals surface area contributed by atoms with E-state index in [1.165, 1.54) is 5.56 Å². The first-order chi connectivity index (χ1) is 17.9. The van der Waals surface area contributed by atoms with E-state index in [1.54, 1.807) is 14.2 Å². The van der Waals surface area contributed by atoms with Gasteiger partial charge < -0.3 is 25.0 Å². The van der Waals surface area contributed by atoms with Gasteiger partial charge in [-0.3, -0.25) is 9.59 Å². The zero-order chi connectivity index (χ0) is 27.7. The summed E-state index contributed by atoms with van der Waals surface area (Å²) in [4.78, 5) is 29.2. The fourth-order valence-corrected chi connectivity index (χ4v) is 5.41. The molecule has 0 saturated heterocycles. The van der Waals surface area contributed by atoms with Gasteiger partial charge in [0.2, 0.25) is 5.91 Å². The first-order valence-electron chi connectivity index (χ1n) is 13.2. The van der Waals surface area contributed by atoms with E-state index in [-0.39, 0.29) is 35.6 Å². The molecule has 1 heterocycles. The molecule has 38 heavy (non-hydrogen) atoms. The molecule has 1 unspecified atom stereocenters. The van der Waals surface area contributed by atoms with Crippen LogP contribution in [-0.2, 0) is 24.5 Å². The Bertz CT molecular complexity index is 1210. The van der Waals surface area contributed by atoms with Crippen molar-refractivity contribution in [3.05, 3.63) is 70.9 Å². The number of rotatable bonds is 7. The molecule has 1 amide bonds. The number of allylic oxidation sites excluding steroid dienone is 1. The average Bonchev–Trinajstić information content (AvgIpc) is 2.98. The van der Waals surface area contributed by atoms with Crippen molar-refractivity contribution in [2.75, 3.05) is 37.5 Å². The van der Waals surface area contributed by atoms with E-state index in [0.29, 0.717) is 6.42 Å². The standard InChI is InChI=1S/C31H41N3O4/c1-30(2,3)21-14-12-20(13-15-21)29-28-23(16-31(4,5)17-25(28)35)33-22-10-8-9-11-24(22)34(29)19-26(36)32-18-27(37-6)38-7/h8-15,27,29,33H,16-19H2,1-7H3,(H,32,36). The van der Waals surface area contributed by atoms with Gasteiger partial charge in [0.1, 0.15) is 0 Å². The Labute approximate surface area is 226 Å². The molecule has 204 valence electrons. The van der Waals surface area contributed by atoms with E-state index < -0.39 is 12.3 Å². The van der Waals surface area contributed by atoms with Crippen LogP contribution in [0.15, 0.2) is 59.8 Å². The van der Waals surface area contributed by atoms with Crippen molar-refractivity contribution < 1.29 is 19.1 Å². The number of ketones is 1. The second kappa shape index (κ2) is 10.9. The maximum absolute atomic E-state index is 13.8. The predicted octanol–water partition coefficient (Wildman–Crippen LogP) is 5.34. The zero-order valence-electron chi connectivity index (χ0n) is 23.7. The summed E-state index contributed by atoms with van der Waals surface area (Å²) in [5, 5.41) is 6.53. The van der Waals surface area contributed by atoms with Gasteiger partial charge in [-0.05, 0) is 40.5 Å². The number of nitrogens with zero attached hydrogens (tertiary/aromatic N) is 1. The number of Topliss-reactive ketones (excluding diaryl/α,β-unsaturated/α-hetero) is 1. The number of methoxy groups -OCH3 is 2. The Morgan fingerprint density at radius 2 is 1.74 bits per heavy atom. The fourth-order valence-electron chi connectivity index (χ4n) is 5.41. The Kier molecular flexibility index (Phi) is 8.00. The topological polar surface area (TPSA) is 79.9 Å². The van der Waals surface area contributed by atoms with Crippen molar-refractivity contribution in [2.24, 2.45) is 5.41 Å². The third-order valence-corrected chi connectivity index (χ3v) is 7.40. The monoisotopic (exact) mass is 519 g/mol. The number of fused-ring (bicyclic) bond motifs is 1. The van der Waals surface area contributed by atoms with Gasteiger partial charge in [-0.1, -0.05) is 71.0 Å². The number of hydrogen-bond donors (Lipinski definition) is 2. The van der Waals surface area contributed by atoms with Gasteiger partial charge in [-0.15, -0.1) is 0 Å². The molecule has 2 aromatic carbocycles. The van der Waals surface area contributed by atoms with Gasteiger partial charge in [0.25, 0.3) is 0 Å². The van der Waals surface area contributed by atoms with Crippen LogP contribution in [0, 0.1) is 5.41 Å². The normalized spacial score (nSPS) is 19.0. The van der Waals surface area contributed by atoms with Gasteiger partial charge in [-0.2, -0.15) is 0 Å². The highest BCUT2D eigenvalue weighted by molar-refractivity contribution is 6.01. The second-order valence-corrected chi connectivity index (χ2v) is 12.1. The number of carbonyl (C=O) groups excluding carboxylic acids is 2. The van der Waals surface area contributed by atoms with Crippen molar-refractivity contribution in [3.8, 4) is 0 Å². The second-order valence-electron chi connectivity index (χ2n) is 12.1. The zero-order valence-corrected chi connectivity index (χ0v) is 23.7. The van der Waals surface area contributed by atoms with Crippen molar-refractivity contribution in [1.82, 2.24) is 5.32 Å². The quantitative estimate of drug-likeness (QED) is 0.481. The summed E-state index contributed by atoms with van der Waals surface area (Å²) in [7, 11) is 3.08. The number of benzene rings is 2. The smallest absolute Gasteiger partial charge is 0.239 e. The summed E-state index contributed by atoms with van der Waals surface area (Å²) in [5.74, 6) is -0.0615. The highest BCUT2D eigenvalue weighted by Crippen LogP contribution is 2.48. The van der Waals surface area contributed by atoms with Crippen molar-refractivity contribution in [1.29, 1.82) is 0 Å². The number of ether oxygens (including phenoxy) is 2. The molecule has 4 rings (SSSR count). The predicted molar refractivity (Wildman–Crippen MR) is 151 cm³/mol. The lowest BCUT2D eigenvalue weighted by molar-refractivity contribution is -0.126. The molecular formula is C31H41N3O4. The summed E-state index contributed by atoms with van der Waals surface area (Å²) in [6.07, 6.45) is 0.681. The molecule has 0 aromatic heterocycles. The summed E-state index contributed by atoms with van der Waals surface area (Å²) in [6.45, 7) is 11.1. The molecule has 1 aliphatic carbocycles. The number of carbonyl (C=O) groups is 2. The minimum absolute atomic E-state index is 0.00403.